The third kappa shape index (κ3) is 3.44. The van der Waals surface area contributed by atoms with Gasteiger partial charge in [-0.05, 0) is 64.4 Å². The Kier molecular flexibility index (Phi) is 5.20. The highest BCUT2D eigenvalue weighted by Crippen LogP contribution is 2.40. The summed E-state index contributed by atoms with van der Waals surface area (Å²) in [7, 11) is 0. The van der Waals surface area contributed by atoms with Gasteiger partial charge in [0.05, 0.1) is 16.5 Å². The van der Waals surface area contributed by atoms with Gasteiger partial charge in [-0.15, -0.1) is 22.9 Å². The van der Waals surface area contributed by atoms with E-state index >= 15 is 0 Å². The van der Waals surface area contributed by atoms with Crippen LogP contribution in [-0.4, -0.2) is 12.4 Å². The van der Waals surface area contributed by atoms with Crippen LogP contribution in [0, 0.1) is 0 Å². The van der Waals surface area contributed by atoms with Crippen molar-refractivity contribution in [1.29, 1.82) is 0 Å². The summed E-state index contributed by atoms with van der Waals surface area (Å²) in [4.78, 5) is 2.76. The van der Waals surface area contributed by atoms with Gasteiger partial charge in [-0.2, -0.15) is 11.8 Å². The van der Waals surface area contributed by atoms with Crippen LogP contribution in [0.1, 0.15) is 33.2 Å². The first-order chi connectivity index (χ1) is 10.2. The predicted molar refractivity (Wildman–Crippen MR) is 97.2 cm³/mol. The molecule has 1 aromatic carbocycles. The topological polar surface area (TPSA) is 9.23 Å². The number of thiophene rings is 1. The molecule has 0 amide bonds. The first kappa shape index (κ1) is 15.7. The third-order valence-electron chi connectivity index (χ3n) is 3.44. The highest BCUT2D eigenvalue weighted by Gasteiger charge is 2.19. The Morgan fingerprint density at radius 2 is 2.24 bits per heavy atom. The van der Waals surface area contributed by atoms with Crippen molar-refractivity contribution in [3.63, 3.8) is 0 Å². The van der Waals surface area contributed by atoms with E-state index < -0.39 is 0 Å². The number of alkyl halides is 1. The highest BCUT2D eigenvalue weighted by atomic mass is 79.9. The van der Waals surface area contributed by atoms with Crippen molar-refractivity contribution in [2.24, 2.45) is 0 Å². The zero-order valence-electron chi connectivity index (χ0n) is 11.7. The lowest BCUT2D eigenvalue weighted by atomic mass is 10.1. The van der Waals surface area contributed by atoms with Crippen molar-refractivity contribution >= 4 is 50.6 Å². The largest absolute Gasteiger partial charge is 0.493 e. The number of hydrogen-bond donors (Lipinski definition) is 0. The summed E-state index contributed by atoms with van der Waals surface area (Å²) in [6.07, 6.45) is 1.18. The maximum absolute atomic E-state index is 6.69. The summed E-state index contributed by atoms with van der Waals surface area (Å²) in [6, 6.07) is 8.40. The van der Waals surface area contributed by atoms with Crippen LogP contribution in [0.5, 0.6) is 5.75 Å². The van der Waals surface area contributed by atoms with Gasteiger partial charge in [-0.1, -0.05) is 6.07 Å². The molecule has 1 unspecified atom stereocenters. The predicted octanol–water partition coefficient (Wildman–Crippen LogP) is 6.03. The molecule has 1 aliphatic rings. The minimum Gasteiger partial charge on any atom is -0.493 e. The maximum Gasteiger partial charge on any atom is 0.133 e. The lowest BCUT2D eigenvalue weighted by molar-refractivity contribution is 0.338. The van der Waals surface area contributed by atoms with Crippen LogP contribution >= 0.6 is 50.6 Å². The Labute approximate surface area is 147 Å². The van der Waals surface area contributed by atoms with E-state index in [1.807, 2.05) is 36.1 Å². The molecule has 2 aromatic rings. The van der Waals surface area contributed by atoms with Crippen LogP contribution in [-0.2, 0) is 12.2 Å². The molecule has 21 heavy (non-hydrogen) atoms. The fourth-order valence-corrected chi connectivity index (χ4v) is 5.63. The van der Waals surface area contributed by atoms with Crippen LogP contribution < -0.4 is 4.74 Å². The quantitative estimate of drug-likeness (QED) is 0.577. The molecule has 2 heterocycles. The van der Waals surface area contributed by atoms with Gasteiger partial charge in [0.25, 0.3) is 0 Å². The van der Waals surface area contributed by atoms with Gasteiger partial charge in [0.15, 0.2) is 0 Å². The van der Waals surface area contributed by atoms with Crippen molar-refractivity contribution in [3.8, 4) is 5.75 Å². The molecule has 0 spiro atoms. The van der Waals surface area contributed by atoms with Crippen molar-refractivity contribution in [2.45, 2.75) is 24.5 Å². The summed E-state index contributed by atoms with van der Waals surface area (Å²) < 4.78 is 6.52. The van der Waals surface area contributed by atoms with Gasteiger partial charge in [0.2, 0.25) is 0 Å². The van der Waals surface area contributed by atoms with E-state index in [2.05, 4.69) is 34.1 Å². The second-order valence-corrected chi connectivity index (χ2v) is 8.45. The Hall–Kier alpha value is -0.160. The number of aryl methyl sites for hydroxylation is 1. The minimum atomic E-state index is -0.0856. The van der Waals surface area contributed by atoms with Crippen LogP contribution in [0.3, 0.4) is 0 Å². The Balaban J connectivity index is 1.86. The van der Waals surface area contributed by atoms with E-state index in [1.165, 1.54) is 27.5 Å². The molecule has 0 saturated carbocycles. The van der Waals surface area contributed by atoms with Gasteiger partial charge >= 0.3 is 0 Å². The van der Waals surface area contributed by atoms with Crippen molar-refractivity contribution in [2.75, 3.05) is 12.4 Å². The molecular formula is C16H16BrClOS2. The molecule has 1 nitrogen and oxygen atoms in total. The number of rotatable bonds is 4. The molecule has 1 aliphatic heterocycles. The lowest BCUT2D eigenvalue weighted by Gasteiger charge is -2.11. The van der Waals surface area contributed by atoms with Gasteiger partial charge < -0.3 is 4.74 Å². The zero-order valence-corrected chi connectivity index (χ0v) is 15.7. The molecular weight excluding hydrogens is 388 g/mol. The van der Waals surface area contributed by atoms with Crippen molar-refractivity contribution in [1.82, 2.24) is 0 Å². The summed E-state index contributed by atoms with van der Waals surface area (Å²) in [6.45, 7) is 2.65. The van der Waals surface area contributed by atoms with Gasteiger partial charge in [0.1, 0.15) is 5.75 Å². The standard InChI is InChI=1S/C16H16BrClOS2/c1-2-19-13-4-3-10(7-12(13)17)16(18)15-8-11-9-20-6-5-14(11)21-15/h3-4,7-8,16H,2,5-6,9H2,1H3. The van der Waals surface area contributed by atoms with E-state index in [0.717, 1.165) is 21.5 Å². The summed E-state index contributed by atoms with van der Waals surface area (Å²) in [5, 5.41) is -0.0856. The molecule has 0 saturated heterocycles. The number of halogens is 2. The maximum atomic E-state index is 6.69. The molecule has 5 heteroatoms. The van der Waals surface area contributed by atoms with Crippen LogP contribution in [0.4, 0.5) is 0 Å². The lowest BCUT2D eigenvalue weighted by Crippen LogP contribution is -1.96. The van der Waals surface area contributed by atoms with E-state index in [4.69, 9.17) is 16.3 Å². The zero-order chi connectivity index (χ0) is 14.8. The number of ether oxygens (including phenoxy) is 1. The van der Waals surface area contributed by atoms with E-state index in [-0.39, 0.29) is 5.38 Å². The average Bonchev–Trinajstić information content (AvgIpc) is 2.92. The Morgan fingerprint density at radius 1 is 1.38 bits per heavy atom. The average molecular weight is 404 g/mol. The molecule has 0 fully saturated rings. The van der Waals surface area contributed by atoms with Crippen molar-refractivity contribution in [3.05, 3.63) is 49.6 Å². The normalized spacial score (nSPS) is 15.6. The highest BCUT2D eigenvalue weighted by molar-refractivity contribution is 9.10. The number of fused-ring (bicyclic) bond motifs is 1. The third-order valence-corrected chi connectivity index (χ3v) is 6.99. The summed E-state index contributed by atoms with van der Waals surface area (Å²) >= 11 is 14.1. The molecule has 1 aromatic heterocycles. The molecule has 1 atom stereocenters. The van der Waals surface area contributed by atoms with Crippen LogP contribution in [0.15, 0.2) is 28.7 Å². The van der Waals surface area contributed by atoms with Gasteiger partial charge in [-0.3, -0.25) is 0 Å². The Bertz CT molecular complexity index is 618. The minimum absolute atomic E-state index is 0.0856. The smallest absolute Gasteiger partial charge is 0.133 e. The van der Waals surface area contributed by atoms with Crippen molar-refractivity contribution < 1.29 is 4.74 Å². The SMILES string of the molecule is CCOc1ccc(C(Cl)c2cc3c(s2)CCSC3)cc1Br. The molecule has 112 valence electrons. The first-order valence-electron chi connectivity index (χ1n) is 6.94. The fraction of sp³-hybridized carbons (Fsp3) is 0.375. The number of benzene rings is 1. The number of hydrogen-bond acceptors (Lipinski definition) is 3. The molecule has 0 aliphatic carbocycles. The second-order valence-electron chi connectivity index (χ2n) is 4.89. The Morgan fingerprint density at radius 3 is 2.95 bits per heavy atom. The molecule has 0 N–H and O–H groups in total. The second kappa shape index (κ2) is 6.95. The van der Waals surface area contributed by atoms with Crippen LogP contribution in [0.25, 0.3) is 0 Å². The first-order valence-corrected chi connectivity index (χ1v) is 10.1. The van der Waals surface area contributed by atoms with Gasteiger partial charge in [-0.25, -0.2) is 0 Å². The summed E-state index contributed by atoms with van der Waals surface area (Å²) in [5.74, 6) is 3.23. The summed E-state index contributed by atoms with van der Waals surface area (Å²) in [5.41, 5.74) is 2.58. The van der Waals surface area contributed by atoms with E-state index in [1.54, 1.807) is 0 Å². The monoisotopic (exact) mass is 402 g/mol. The van der Waals surface area contributed by atoms with Crippen LogP contribution in [0.2, 0.25) is 0 Å². The molecule has 0 radical (unpaired) electrons. The fourth-order valence-electron chi connectivity index (χ4n) is 2.41. The van der Waals surface area contributed by atoms with Gasteiger partial charge in [0, 0.05) is 15.5 Å². The van der Waals surface area contributed by atoms with E-state index in [0.29, 0.717) is 6.61 Å². The number of thioether (sulfide) groups is 1. The van der Waals surface area contributed by atoms with E-state index in [9.17, 15) is 0 Å². The molecule has 3 rings (SSSR count). The molecule has 0 bridgehead atoms.